The Morgan fingerprint density at radius 2 is 2.00 bits per heavy atom. The van der Waals surface area contributed by atoms with Crippen molar-refractivity contribution >= 4 is 22.8 Å². The number of aromatic nitrogens is 4. The van der Waals surface area contributed by atoms with Gasteiger partial charge < -0.3 is 10.2 Å². The maximum Gasteiger partial charge on any atom is 0.522 e. The summed E-state index contributed by atoms with van der Waals surface area (Å²) in [5.41, 5.74) is -0.0737. The predicted octanol–water partition coefficient (Wildman–Crippen LogP) is 2.32. The van der Waals surface area contributed by atoms with Crippen molar-refractivity contribution in [2.45, 2.75) is 51.1 Å². The Bertz CT molecular complexity index is 898. The molecule has 1 N–H and O–H groups in total. The van der Waals surface area contributed by atoms with Crippen molar-refractivity contribution in [2.75, 3.05) is 11.9 Å². The van der Waals surface area contributed by atoms with E-state index in [1.54, 1.807) is 0 Å². The van der Waals surface area contributed by atoms with Crippen LogP contribution in [0.4, 0.5) is 32.2 Å². The average molecular weight is 426 g/mol. The van der Waals surface area contributed by atoms with Crippen molar-refractivity contribution in [3.63, 3.8) is 0 Å². The molecule has 0 aromatic carbocycles. The molecule has 1 aliphatic heterocycles. The van der Waals surface area contributed by atoms with Gasteiger partial charge in [-0.2, -0.15) is 18.3 Å². The molecule has 1 fully saturated rings. The number of fused-ring (bicyclic) bond motifs is 1. The van der Waals surface area contributed by atoms with Crippen LogP contribution in [-0.2, 0) is 16.1 Å². The summed E-state index contributed by atoms with van der Waals surface area (Å²) in [6.07, 6.45) is -8.28. The number of carbonyl (C=O) groups excluding carboxylic acids is 1. The SMILES string of the molecule is C[C@@H](Nc1ncnc2c1cnn2CC(F)(F)F)C(=O)N1C[C@H](OC(F)(F)F)[C@@H]1C. The molecule has 3 rings (SSSR count). The molecule has 0 spiro atoms. The van der Waals surface area contributed by atoms with Gasteiger partial charge in [-0.3, -0.25) is 9.53 Å². The molecular formula is C15H16F6N6O2. The Kier molecular flexibility index (Phi) is 5.32. The topological polar surface area (TPSA) is 85.2 Å². The van der Waals surface area contributed by atoms with Crippen LogP contribution < -0.4 is 5.32 Å². The minimum absolute atomic E-state index is 0.0737. The second-order valence-electron chi connectivity index (χ2n) is 6.58. The largest absolute Gasteiger partial charge is 0.522 e. The molecule has 1 aliphatic rings. The third-order valence-corrected chi connectivity index (χ3v) is 4.46. The van der Waals surface area contributed by atoms with Gasteiger partial charge in [0.15, 0.2) is 5.65 Å². The van der Waals surface area contributed by atoms with E-state index >= 15 is 0 Å². The molecule has 3 heterocycles. The first-order valence-electron chi connectivity index (χ1n) is 8.40. The van der Waals surface area contributed by atoms with E-state index in [2.05, 4.69) is 25.1 Å². The fraction of sp³-hybridized carbons (Fsp3) is 0.600. The Labute approximate surface area is 159 Å². The van der Waals surface area contributed by atoms with E-state index in [0.29, 0.717) is 4.68 Å². The second kappa shape index (κ2) is 7.31. The third kappa shape index (κ3) is 4.68. The van der Waals surface area contributed by atoms with Crippen LogP contribution in [0.25, 0.3) is 11.0 Å². The zero-order chi connectivity index (χ0) is 21.6. The van der Waals surface area contributed by atoms with E-state index in [4.69, 9.17) is 0 Å². The first-order chi connectivity index (χ1) is 13.4. The van der Waals surface area contributed by atoms with Crippen molar-refractivity contribution in [1.82, 2.24) is 24.6 Å². The normalized spacial score (nSPS) is 21.2. The van der Waals surface area contributed by atoms with Crippen molar-refractivity contribution in [2.24, 2.45) is 0 Å². The number of carbonyl (C=O) groups is 1. The van der Waals surface area contributed by atoms with Gasteiger partial charge in [0.05, 0.1) is 17.6 Å². The molecule has 29 heavy (non-hydrogen) atoms. The number of nitrogens with one attached hydrogen (secondary N) is 1. The molecule has 2 aromatic rings. The number of alkyl halides is 6. The van der Waals surface area contributed by atoms with Crippen molar-refractivity contribution in [1.29, 1.82) is 0 Å². The Hall–Kier alpha value is -2.64. The first-order valence-corrected chi connectivity index (χ1v) is 8.40. The minimum atomic E-state index is -4.79. The fourth-order valence-corrected chi connectivity index (χ4v) is 2.98. The number of nitrogens with zero attached hydrogens (tertiary/aromatic N) is 5. The predicted molar refractivity (Wildman–Crippen MR) is 86.6 cm³/mol. The van der Waals surface area contributed by atoms with Crippen LogP contribution >= 0.6 is 0 Å². The molecule has 160 valence electrons. The molecule has 1 amide bonds. The summed E-state index contributed by atoms with van der Waals surface area (Å²) < 4.78 is 79.3. The number of rotatable bonds is 5. The maximum atomic E-state index is 12.6. The number of halogens is 6. The van der Waals surface area contributed by atoms with E-state index in [0.717, 1.165) is 12.5 Å². The lowest BCUT2D eigenvalue weighted by Gasteiger charge is -2.46. The van der Waals surface area contributed by atoms with Gasteiger partial charge in [-0.1, -0.05) is 0 Å². The molecule has 0 aliphatic carbocycles. The molecule has 2 aromatic heterocycles. The van der Waals surface area contributed by atoms with E-state index in [1.807, 2.05) is 0 Å². The molecule has 14 heteroatoms. The standard InChI is InChI=1S/C15H16F6N6O2/c1-7(13(28)26-4-10(8(26)2)29-15(19,20)21)25-11-9-3-24-27(5-14(16,17)18)12(9)23-6-22-11/h3,6-8,10H,4-5H2,1-2H3,(H,22,23,25)/t7-,8+,10+/m1/s1. The lowest BCUT2D eigenvalue weighted by molar-refractivity contribution is -0.359. The summed E-state index contributed by atoms with van der Waals surface area (Å²) in [4.78, 5) is 21.4. The van der Waals surface area contributed by atoms with Gasteiger partial charge in [0.1, 0.15) is 30.8 Å². The first kappa shape index (κ1) is 21.1. The van der Waals surface area contributed by atoms with Crippen LogP contribution in [0.15, 0.2) is 12.5 Å². The molecule has 8 nitrogen and oxygen atoms in total. The van der Waals surface area contributed by atoms with Gasteiger partial charge in [-0.25, -0.2) is 14.6 Å². The van der Waals surface area contributed by atoms with Gasteiger partial charge in [0.25, 0.3) is 0 Å². The van der Waals surface area contributed by atoms with Gasteiger partial charge in [-0.05, 0) is 13.8 Å². The number of amides is 1. The highest BCUT2D eigenvalue weighted by atomic mass is 19.4. The highest BCUT2D eigenvalue weighted by Gasteiger charge is 2.46. The van der Waals surface area contributed by atoms with Crippen molar-refractivity contribution in [3.8, 4) is 0 Å². The smallest absolute Gasteiger partial charge is 0.358 e. The molecule has 0 saturated carbocycles. The van der Waals surface area contributed by atoms with Gasteiger partial charge in [0, 0.05) is 6.54 Å². The molecule has 1 saturated heterocycles. The van der Waals surface area contributed by atoms with Crippen molar-refractivity contribution in [3.05, 3.63) is 12.5 Å². The third-order valence-electron chi connectivity index (χ3n) is 4.46. The number of hydrogen-bond acceptors (Lipinski definition) is 6. The lowest BCUT2D eigenvalue weighted by atomic mass is 10.00. The lowest BCUT2D eigenvalue weighted by Crippen LogP contribution is -2.64. The summed E-state index contributed by atoms with van der Waals surface area (Å²) in [5.74, 6) is -0.422. The Morgan fingerprint density at radius 1 is 1.31 bits per heavy atom. The molecule has 0 bridgehead atoms. The Morgan fingerprint density at radius 3 is 2.59 bits per heavy atom. The molecule has 0 unspecified atom stereocenters. The van der Waals surface area contributed by atoms with Crippen LogP contribution in [0, 0.1) is 0 Å². The highest BCUT2D eigenvalue weighted by Crippen LogP contribution is 2.29. The molecular weight excluding hydrogens is 410 g/mol. The molecule has 0 radical (unpaired) electrons. The summed E-state index contributed by atoms with van der Waals surface area (Å²) in [6.45, 7) is 1.32. The van der Waals surface area contributed by atoms with E-state index in [9.17, 15) is 31.1 Å². The fourth-order valence-electron chi connectivity index (χ4n) is 2.98. The van der Waals surface area contributed by atoms with E-state index in [-0.39, 0.29) is 23.4 Å². The Balaban J connectivity index is 1.69. The number of anilines is 1. The summed E-state index contributed by atoms with van der Waals surface area (Å²) >= 11 is 0. The second-order valence-corrected chi connectivity index (χ2v) is 6.58. The van der Waals surface area contributed by atoms with Crippen LogP contribution in [0.5, 0.6) is 0 Å². The van der Waals surface area contributed by atoms with Crippen LogP contribution in [0.1, 0.15) is 13.8 Å². The maximum absolute atomic E-state index is 12.6. The average Bonchev–Trinajstić information content (AvgIpc) is 2.99. The van der Waals surface area contributed by atoms with Crippen LogP contribution in [-0.4, -0.2) is 67.8 Å². The quantitative estimate of drug-likeness (QED) is 0.739. The van der Waals surface area contributed by atoms with Gasteiger partial charge >= 0.3 is 12.5 Å². The van der Waals surface area contributed by atoms with Crippen LogP contribution in [0.3, 0.4) is 0 Å². The highest BCUT2D eigenvalue weighted by molar-refractivity contribution is 5.90. The zero-order valence-corrected chi connectivity index (χ0v) is 15.1. The van der Waals surface area contributed by atoms with Crippen LogP contribution in [0.2, 0.25) is 0 Å². The number of ether oxygens (including phenoxy) is 1. The molecule has 3 atom stereocenters. The van der Waals surface area contributed by atoms with E-state index < -0.39 is 43.2 Å². The number of hydrogen-bond donors (Lipinski definition) is 1. The van der Waals surface area contributed by atoms with Crippen molar-refractivity contribution < 1.29 is 35.9 Å². The van der Waals surface area contributed by atoms with Gasteiger partial charge in [0.2, 0.25) is 5.91 Å². The zero-order valence-electron chi connectivity index (χ0n) is 15.1. The number of likely N-dealkylation sites (tertiary alicyclic amines) is 1. The summed E-state index contributed by atoms with van der Waals surface area (Å²) in [6, 6.07) is -1.69. The monoisotopic (exact) mass is 426 g/mol. The summed E-state index contributed by atoms with van der Waals surface area (Å²) in [5, 5.41) is 6.57. The van der Waals surface area contributed by atoms with Gasteiger partial charge in [-0.15, -0.1) is 13.2 Å². The summed E-state index contributed by atoms with van der Waals surface area (Å²) in [7, 11) is 0. The van der Waals surface area contributed by atoms with E-state index in [1.165, 1.54) is 18.7 Å². The minimum Gasteiger partial charge on any atom is -0.358 e.